The molecule has 0 radical (unpaired) electrons. The number of alkyl halides is 2. The van der Waals surface area contributed by atoms with Gasteiger partial charge in [0.2, 0.25) is 0 Å². The zero-order valence-electron chi connectivity index (χ0n) is 14.3. The van der Waals surface area contributed by atoms with E-state index in [2.05, 4.69) is 16.9 Å². The number of rotatable bonds is 6. The summed E-state index contributed by atoms with van der Waals surface area (Å²) in [5.74, 6) is -0.639. The van der Waals surface area contributed by atoms with Gasteiger partial charge in [-0.2, -0.15) is 0 Å². The molecule has 0 aliphatic heterocycles. The Hall–Kier alpha value is -2.70. The molecule has 0 saturated carbocycles. The standard InChI is InChI=1S/C19H18F3N3O/c1-2-3-4-6-25-7-5-12-8-14(15(20)9-13(12)19(25)26)16-10-24-17(11-23-16)18(21)22/h5,7-11,18H,2-4,6H2,1H3. The molecule has 0 fully saturated rings. The van der Waals surface area contributed by atoms with Gasteiger partial charge in [-0.25, -0.2) is 13.2 Å². The number of hydrogen-bond donors (Lipinski definition) is 0. The van der Waals surface area contributed by atoms with E-state index in [1.807, 2.05) is 0 Å². The van der Waals surface area contributed by atoms with E-state index >= 15 is 0 Å². The fraction of sp³-hybridized carbons (Fsp3) is 0.316. The first-order valence-corrected chi connectivity index (χ1v) is 8.44. The van der Waals surface area contributed by atoms with Crippen molar-refractivity contribution < 1.29 is 13.2 Å². The monoisotopic (exact) mass is 361 g/mol. The number of pyridine rings is 1. The van der Waals surface area contributed by atoms with Crippen LogP contribution in [-0.2, 0) is 6.54 Å². The molecular formula is C19H18F3N3O. The number of hydrogen-bond acceptors (Lipinski definition) is 3. The van der Waals surface area contributed by atoms with E-state index in [0.29, 0.717) is 11.9 Å². The van der Waals surface area contributed by atoms with Crippen molar-refractivity contribution in [2.24, 2.45) is 0 Å². The molecular weight excluding hydrogens is 343 g/mol. The molecule has 2 aromatic heterocycles. The number of unbranched alkanes of at least 4 members (excludes halogenated alkanes) is 2. The van der Waals surface area contributed by atoms with Crippen molar-refractivity contribution >= 4 is 10.8 Å². The molecule has 0 bridgehead atoms. The predicted octanol–water partition coefficient (Wildman–Crippen LogP) is 4.73. The fourth-order valence-electron chi connectivity index (χ4n) is 2.80. The molecule has 0 N–H and O–H groups in total. The van der Waals surface area contributed by atoms with Crippen LogP contribution >= 0.6 is 0 Å². The van der Waals surface area contributed by atoms with Crippen LogP contribution in [0.1, 0.15) is 38.3 Å². The van der Waals surface area contributed by atoms with Gasteiger partial charge in [-0.15, -0.1) is 0 Å². The third-order valence-corrected chi connectivity index (χ3v) is 4.24. The highest BCUT2D eigenvalue weighted by molar-refractivity contribution is 5.86. The molecule has 0 aliphatic rings. The van der Waals surface area contributed by atoms with Crippen molar-refractivity contribution in [1.29, 1.82) is 0 Å². The first kappa shape index (κ1) is 18.1. The number of aromatic nitrogens is 3. The number of fused-ring (bicyclic) bond motifs is 1. The topological polar surface area (TPSA) is 47.8 Å². The van der Waals surface area contributed by atoms with E-state index in [9.17, 15) is 18.0 Å². The van der Waals surface area contributed by atoms with Crippen molar-refractivity contribution in [3.05, 3.63) is 58.7 Å². The van der Waals surface area contributed by atoms with E-state index in [1.165, 1.54) is 12.1 Å². The molecule has 4 nitrogen and oxygen atoms in total. The number of halogens is 3. The summed E-state index contributed by atoms with van der Waals surface area (Å²) in [6.45, 7) is 2.67. The molecule has 26 heavy (non-hydrogen) atoms. The Bertz CT molecular complexity index is 968. The summed E-state index contributed by atoms with van der Waals surface area (Å²) in [7, 11) is 0. The van der Waals surface area contributed by atoms with Gasteiger partial charge in [0.25, 0.3) is 12.0 Å². The van der Waals surface area contributed by atoms with Crippen LogP contribution in [0.4, 0.5) is 13.2 Å². The highest BCUT2D eigenvalue weighted by Crippen LogP contribution is 2.26. The quantitative estimate of drug-likeness (QED) is 0.597. The smallest absolute Gasteiger partial charge is 0.281 e. The highest BCUT2D eigenvalue weighted by atomic mass is 19.3. The molecule has 0 atom stereocenters. The van der Waals surface area contributed by atoms with Gasteiger partial charge in [0, 0.05) is 18.3 Å². The number of nitrogens with zero attached hydrogens (tertiary/aromatic N) is 3. The van der Waals surface area contributed by atoms with Crippen molar-refractivity contribution in [1.82, 2.24) is 14.5 Å². The van der Waals surface area contributed by atoms with Gasteiger partial charge >= 0.3 is 0 Å². The second kappa shape index (κ2) is 7.68. The molecule has 3 aromatic rings. The minimum Gasteiger partial charge on any atom is -0.315 e. The first-order valence-electron chi connectivity index (χ1n) is 8.44. The van der Waals surface area contributed by atoms with E-state index in [4.69, 9.17) is 0 Å². The Kier molecular flexibility index (Phi) is 5.35. The van der Waals surface area contributed by atoms with E-state index < -0.39 is 17.9 Å². The first-order chi connectivity index (χ1) is 12.5. The van der Waals surface area contributed by atoms with Crippen LogP contribution in [0.2, 0.25) is 0 Å². The maximum atomic E-state index is 14.5. The molecule has 0 spiro atoms. The van der Waals surface area contributed by atoms with E-state index in [-0.39, 0.29) is 22.2 Å². The van der Waals surface area contributed by atoms with Crippen molar-refractivity contribution in [3.63, 3.8) is 0 Å². The van der Waals surface area contributed by atoms with Gasteiger partial charge < -0.3 is 4.57 Å². The minimum absolute atomic E-state index is 0.119. The Morgan fingerprint density at radius 1 is 1.15 bits per heavy atom. The van der Waals surface area contributed by atoms with Crippen molar-refractivity contribution in [2.45, 2.75) is 39.2 Å². The normalized spacial score (nSPS) is 11.4. The number of benzene rings is 1. The van der Waals surface area contributed by atoms with Crippen LogP contribution in [-0.4, -0.2) is 14.5 Å². The van der Waals surface area contributed by atoms with Crippen LogP contribution in [0.25, 0.3) is 22.0 Å². The maximum absolute atomic E-state index is 14.5. The SMILES string of the molecule is CCCCCn1ccc2cc(-c3cnc(C(F)F)cn3)c(F)cc2c1=O. The molecule has 0 aliphatic carbocycles. The van der Waals surface area contributed by atoms with E-state index in [0.717, 1.165) is 31.7 Å². The summed E-state index contributed by atoms with van der Waals surface area (Å²) < 4.78 is 41.2. The summed E-state index contributed by atoms with van der Waals surface area (Å²) >= 11 is 0. The summed E-state index contributed by atoms with van der Waals surface area (Å²) in [5.41, 5.74) is -0.456. The molecule has 0 amide bonds. The summed E-state index contributed by atoms with van der Waals surface area (Å²) in [6.07, 6.45) is 3.94. The molecule has 136 valence electrons. The summed E-state index contributed by atoms with van der Waals surface area (Å²) in [4.78, 5) is 20.0. The van der Waals surface area contributed by atoms with Gasteiger partial charge in [0.1, 0.15) is 11.5 Å². The van der Waals surface area contributed by atoms with Crippen LogP contribution in [0, 0.1) is 5.82 Å². The average Bonchev–Trinajstić information content (AvgIpc) is 2.64. The largest absolute Gasteiger partial charge is 0.315 e. The van der Waals surface area contributed by atoms with Gasteiger partial charge in [0.15, 0.2) is 0 Å². The molecule has 0 unspecified atom stereocenters. The Balaban J connectivity index is 2.00. The average molecular weight is 361 g/mol. The van der Waals surface area contributed by atoms with Crippen LogP contribution < -0.4 is 5.56 Å². The van der Waals surface area contributed by atoms with Gasteiger partial charge in [-0.1, -0.05) is 19.8 Å². The Morgan fingerprint density at radius 2 is 1.96 bits per heavy atom. The second-order valence-corrected chi connectivity index (χ2v) is 6.07. The highest BCUT2D eigenvalue weighted by Gasteiger charge is 2.14. The third-order valence-electron chi connectivity index (χ3n) is 4.24. The number of aryl methyl sites for hydroxylation is 1. The van der Waals surface area contributed by atoms with Crippen molar-refractivity contribution in [3.8, 4) is 11.3 Å². The van der Waals surface area contributed by atoms with Crippen molar-refractivity contribution in [2.75, 3.05) is 0 Å². The van der Waals surface area contributed by atoms with Gasteiger partial charge in [-0.05, 0) is 30.0 Å². The molecule has 0 saturated heterocycles. The third kappa shape index (κ3) is 3.61. The second-order valence-electron chi connectivity index (χ2n) is 6.07. The molecule has 2 heterocycles. The van der Waals surface area contributed by atoms with Gasteiger partial charge in [-0.3, -0.25) is 14.8 Å². The molecule has 1 aromatic carbocycles. The Labute approximate surface area is 148 Å². The molecule has 7 heteroatoms. The van der Waals surface area contributed by atoms with Crippen LogP contribution in [0.15, 0.2) is 41.6 Å². The summed E-state index contributed by atoms with van der Waals surface area (Å²) in [5, 5.41) is 0.847. The molecule has 3 rings (SSSR count). The van der Waals surface area contributed by atoms with Gasteiger partial charge in [0.05, 0.1) is 23.5 Å². The zero-order valence-corrected chi connectivity index (χ0v) is 14.3. The lowest BCUT2D eigenvalue weighted by Gasteiger charge is -2.09. The van der Waals surface area contributed by atoms with Crippen LogP contribution in [0.5, 0.6) is 0 Å². The minimum atomic E-state index is -2.73. The lowest BCUT2D eigenvalue weighted by Crippen LogP contribution is -2.19. The lowest BCUT2D eigenvalue weighted by atomic mass is 10.1. The maximum Gasteiger partial charge on any atom is 0.281 e. The zero-order chi connectivity index (χ0) is 18.7. The van der Waals surface area contributed by atoms with Crippen LogP contribution in [0.3, 0.4) is 0 Å². The predicted molar refractivity (Wildman–Crippen MR) is 93.7 cm³/mol. The summed E-state index contributed by atoms with van der Waals surface area (Å²) in [6, 6.07) is 4.41. The lowest BCUT2D eigenvalue weighted by molar-refractivity contribution is 0.145. The fourth-order valence-corrected chi connectivity index (χ4v) is 2.80. The van der Waals surface area contributed by atoms with E-state index in [1.54, 1.807) is 16.8 Å². The Morgan fingerprint density at radius 3 is 2.62 bits per heavy atom.